The first-order valence-corrected chi connectivity index (χ1v) is 9.43. The second-order valence-corrected chi connectivity index (χ2v) is 6.77. The Hall–Kier alpha value is -3.80. The van der Waals surface area contributed by atoms with Gasteiger partial charge in [0.2, 0.25) is 5.78 Å². The third-order valence-corrected chi connectivity index (χ3v) is 4.45. The fraction of sp³-hybridized carbons (Fsp3) is 0.167. The number of carboxylic acids is 1. The van der Waals surface area contributed by atoms with Gasteiger partial charge in [-0.1, -0.05) is 24.3 Å². The topological polar surface area (TPSA) is 77.8 Å². The molecule has 0 fully saturated rings. The number of ketones is 1. The van der Waals surface area contributed by atoms with Crippen molar-refractivity contribution < 1.29 is 24.2 Å². The fourth-order valence-electron chi connectivity index (χ4n) is 3.04. The Kier molecular flexibility index (Phi) is 6.70. The summed E-state index contributed by atoms with van der Waals surface area (Å²) in [6.45, 7) is 2.09. The number of aliphatic carboxylic acids is 1. The third kappa shape index (κ3) is 5.38. The third-order valence-electron chi connectivity index (χ3n) is 4.45. The number of carbonyl (C=O) groups is 2. The molecule has 0 saturated carbocycles. The van der Waals surface area contributed by atoms with E-state index in [2.05, 4.69) is 0 Å². The van der Waals surface area contributed by atoms with Crippen molar-refractivity contribution in [2.24, 2.45) is 0 Å². The van der Waals surface area contributed by atoms with Crippen LogP contribution in [0.25, 0.3) is 6.08 Å². The molecule has 1 heterocycles. The quantitative estimate of drug-likeness (QED) is 0.540. The minimum absolute atomic E-state index is 0.0526. The van der Waals surface area contributed by atoms with Crippen LogP contribution in [0.1, 0.15) is 27.2 Å². The highest BCUT2D eigenvalue weighted by Gasteiger charge is 2.14. The Balaban J connectivity index is 1.72. The van der Waals surface area contributed by atoms with E-state index in [9.17, 15) is 9.59 Å². The smallest absolute Gasteiger partial charge is 0.341 e. The van der Waals surface area contributed by atoms with Gasteiger partial charge in [-0.05, 0) is 60.5 Å². The minimum Gasteiger partial charge on any atom is -0.497 e. The van der Waals surface area contributed by atoms with Gasteiger partial charge in [-0.2, -0.15) is 0 Å². The number of carbonyl (C=O) groups excluding carboxylic acids is 1. The van der Waals surface area contributed by atoms with E-state index in [1.165, 1.54) is 0 Å². The molecule has 30 heavy (non-hydrogen) atoms. The number of benzene rings is 2. The summed E-state index contributed by atoms with van der Waals surface area (Å²) in [7, 11) is 1.59. The molecule has 0 aliphatic rings. The van der Waals surface area contributed by atoms with Crippen molar-refractivity contribution in [1.29, 1.82) is 0 Å². The Bertz CT molecular complexity index is 1060. The van der Waals surface area contributed by atoms with Crippen molar-refractivity contribution >= 4 is 17.8 Å². The normalized spacial score (nSPS) is 10.9. The van der Waals surface area contributed by atoms with E-state index in [0.29, 0.717) is 29.3 Å². The fourth-order valence-corrected chi connectivity index (χ4v) is 3.04. The molecule has 0 aliphatic heterocycles. The first-order chi connectivity index (χ1) is 14.5. The van der Waals surface area contributed by atoms with Gasteiger partial charge in [0, 0.05) is 18.3 Å². The second-order valence-electron chi connectivity index (χ2n) is 6.77. The Morgan fingerprint density at radius 2 is 1.83 bits per heavy atom. The van der Waals surface area contributed by atoms with Crippen LogP contribution in [0.4, 0.5) is 0 Å². The first kappa shape index (κ1) is 20.9. The van der Waals surface area contributed by atoms with Gasteiger partial charge >= 0.3 is 5.97 Å². The predicted molar refractivity (Wildman–Crippen MR) is 114 cm³/mol. The second kappa shape index (κ2) is 9.60. The van der Waals surface area contributed by atoms with Crippen LogP contribution >= 0.6 is 0 Å². The molecule has 1 N–H and O–H groups in total. The summed E-state index contributed by atoms with van der Waals surface area (Å²) in [6, 6.07) is 16.1. The van der Waals surface area contributed by atoms with Crippen molar-refractivity contribution in [3.8, 4) is 11.5 Å². The van der Waals surface area contributed by atoms with E-state index in [1.807, 2.05) is 42.0 Å². The van der Waals surface area contributed by atoms with Gasteiger partial charge in [0.05, 0.1) is 12.8 Å². The molecular formula is C24H23NO5. The minimum atomic E-state index is -1.02. The number of allylic oxidation sites excluding steroid dienone is 1. The summed E-state index contributed by atoms with van der Waals surface area (Å²) in [5.74, 6) is 0.124. The van der Waals surface area contributed by atoms with Crippen molar-refractivity contribution in [3.63, 3.8) is 0 Å². The van der Waals surface area contributed by atoms with Crippen molar-refractivity contribution in [1.82, 2.24) is 4.57 Å². The lowest BCUT2D eigenvalue weighted by Gasteiger charge is -2.07. The van der Waals surface area contributed by atoms with Crippen LogP contribution in [0.2, 0.25) is 0 Å². The molecule has 6 heteroatoms. The summed E-state index contributed by atoms with van der Waals surface area (Å²) in [5.41, 5.74) is 3.09. The summed E-state index contributed by atoms with van der Waals surface area (Å²) < 4.78 is 12.3. The number of nitrogens with zero attached hydrogens (tertiary/aromatic N) is 1. The lowest BCUT2D eigenvalue weighted by molar-refractivity contribution is -0.139. The molecule has 0 unspecified atom stereocenters. The van der Waals surface area contributed by atoms with E-state index >= 15 is 0 Å². The van der Waals surface area contributed by atoms with E-state index in [1.54, 1.807) is 49.6 Å². The number of rotatable bonds is 9. The highest BCUT2D eigenvalue weighted by Crippen LogP contribution is 2.18. The molecule has 154 valence electrons. The molecule has 1 aromatic heterocycles. The SMILES string of the molecule is COc1ccc(C(=O)c2cc(C)cn2CC=Cc2cccc(OCC(=O)O)c2)cc1. The number of ether oxygens (including phenoxy) is 2. The van der Waals surface area contributed by atoms with Crippen LogP contribution in [0.3, 0.4) is 0 Å². The van der Waals surface area contributed by atoms with Crippen molar-refractivity contribution in [2.45, 2.75) is 13.5 Å². The number of aromatic nitrogens is 1. The van der Waals surface area contributed by atoms with Crippen molar-refractivity contribution in [2.75, 3.05) is 13.7 Å². The summed E-state index contributed by atoms with van der Waals surface area (Å²) in [5, 5.41) is 8.72. The molecule has 0 spiro atoms. The van der Waals surface area contributed by atoms with Crippen LogP contribution in [0.5, 0.6) is 11.5 Å². The Labute approximate surface area is 175 Å². The highest BCUT2D eigenvalue weighted by molar-refractivity contribution is 6.08. The van der Waals surface area contributed by atoms with Crippen molar-refractivity contribution in [3.05, 3.63) is 89.3 Å². The average molecular weight is 405 g/mol. The van der Waals surface area contributed by atoms with Crippen LogP contribution in [0.15, 0.2) is 66.9 Å². The Morgan fingerprint density at radius 1 is 1.07 bits per heavy atom. The van der Waals surface area contributed by atoms with Gasteiger partial charge in [0.25, 0.3) is 0 Å². The molecule has 0 atom stereocenters. The summed E-state index contributed by atoms with van der Waals surface area (Å²) >= 11 is 0. The number of methoxy groups -OCH3 is 1. The number of hydrogen-bond acceptors (Lipinski definition) is 4. The average Bonchev–Trinajstić information content (AvgIpc) is 3.12. The van der Waals surface area contributed by atoms with Crippen LogP contribution in [0, 0.1) is 6.92 Å². The highest BCUT2D eigenvalue weighted by atomic mass is 16.5. The van der Waals surface area contributed by atoms with Crippen LogP contribution in [-0.2, 0) is 11.3 Å². The first-order valence-electron chi connectivity index (χ1n) is 9.43. The van der Waals surface area contributed by atoms with E-state index in [0.717, 1.165) is 11.1 Å². The van der Waals surface area contributed by atoms with Gasteiger partial charge in [-0.15, -0.1) is 0 Å². The monoisotopic (exact) mass is 405 g/mol. The maximum Gasteiger partial charge on any atom is 0.341 e. The van der Waals surface area contributed by atoms with E-state index in [-0.39, 0.29) is 12.4 Å². The van der Waals surface area contributed by atoms with E-state index in [4.69, 9.17) is 14.6 Å². The maximum atomic E-state index is 12.9. The molecule has 0 radical (unpaired) electrons. The molecule has 0 amide bonds. The zero-order valence-electron chi connectivity index (χ0n) is 16.9. The summed E-state index contributed by atoms with van der Waals surface area (Å²) in [6.07, 6.45) is 5.79. The molecule has 3 rings (SSSR count). The number of hydrogen-bond donors (Lipinski definition) is 1. The maximum absolute atomic E-state index is 12.9. The molecule has 2 aromatic carbocycles. The van der Waals surface area contributed by atoms with Crippen LogP contribution in [-0.4, -0.2) is 35.1 Å². The largest absolute Gasteiger partial charge is 0.497 e. The molecule has 0 aliphatic carbocycles. The number of aryl methyl sites for hydroxylation is 1. The van der Waals surface area contributed by atoms with Gasteiger partial charge < -0.3 is 19.1 Å². The van der Waals surface area contributed by atoms with Gasteiger partial charge in [-0.25, -0.2) is 4.79 Å². The molecule has 0 bridgehead atoms. The lowest BCUT2D eigenvalue weighted by Crippen LogP contribution is -2.09. The molecular weight excluding hydrogens is 382 g/mol. The van der Waals surface area contributed by atoms with Gasteiger partial charge in [0.15, 0.2) is 6.61 Å². The Morgan fingerprint density at radius 3 is 2.53 bits per heavy atom. The zero-order chi connectivity index (χ0) is 21.5. The number of carboxylic acid groups (broad SMARTS) is 1. The molecule has 3 aromatic rings. The lowest BCUT2D eigenvalue weighted by atomic mass is 10.1. The van der Waals surface area contributed by atoms with E-state index < -0.39 is 5.97 Å². The molecule has 6 nitrogen and oxygen atoms in total. The van der Waals surface area contributed by atoms with Gasteiger partial charge in [0.1, 0.15) is 11.5 Å². The standard InChI is InChI=1S/C24H23NO5/c1-17-13-22(24(28)19-8-10-20(29-2)11-9-19)25(15-17)12-4-6-18-5-3-7-21(14-18)30-16-23(26)27/h3-11,13-15H,12,16H2,1-2H3,(H,26,27). The van der Waals surface area contributed by atoms with Crippen LogP contribution < -0.4 is 9.47 Å². The zero-order valence-corrected chi connectivity index (χ0v) is 16.9. The van der Waals surface area contributed by atoms with Gasteiger partial charge in [-0.3, -0.25) is 4.79 Å². The molecule has 0 saturated heterocycles. The predicted octanol–water partition coefficient (Wildman–Crippen LogP) is 4.21. The summed E-state index contributed by atoms with van der Waals surface area (Å²) in [4.78, 5) is 23.6.